The van der Waals surface area contributed by atoms with Gasteiger partial charge in [0, 0.05) is 22.8 Å². The number of halogens is 4. The number of benzene rings is 2. The van der Waals surface area contributed by atoms with Crippen molar-refractivity contribution in [2.45, 2.75) is 37.0 Å². The Morgan fingerprint density at radius 3 is 2.53 bits per heavy atom. The van der Waals surface area contributed by atoms with Crippen LogP contribution in [0, 0.1) is 0 Å². The van der Waals surface area contributed by atoms with Crippen molar-refractivity contribution in [3.63, 3.8) is 0 Å². The minimum atomic E-state index is -4.48. The number of hydrogen-bond donors (Lipinski definition) is 1. The molecule has 2 aromatic carbocycles. The normalized spacial score (nSPS) is 12.6. The minimum Gasteiger partial charge on any atom is -0.325 e. The van der Waals surface area contributed by atoms with Gasteiger partial charge in [-0.2, -0.15) is 13.2 Å². The number of carbonyl (C=O) groups excluding carboxylic acids is 1. The lowest BCUT2D eigenvalue weighted by molar-refractivity contribution is -0.137. The van der Waals surface area contributed by atoms with Gasteiger partial charge < -0.3 is 9.88 Å². The molecule has 0 spiro atoms. The van der Waals surface area contributed by atoms with Crippen LogP contribution >= 0.6 is 23.4 Å². The van der Waals surface area contributed by atoms with Crippen LogP contribution < -0.4 is 5.32 Å². The summed E-state index contributed by atoms with van der Waals surface area (Å²) >= 11 is 7.11. The Morgan fingerprint density at radius 1 is 1.20 bits per heavy atom. The van der Waals surface area contributed by atoms with E-state index in [0.717, 1.165) is 17.7 Å². The third-order valence-electron chi connectivity index (χ3n) is 4.24. The van der Waals surface area contributed by atoms with Crippen molar-refractivity contribution >= 4 is 35.0 Å². The Labute approximate surface area is 180 Å². The van der Waals surface area contributed by atoms with Gasteiger partial charge in [-0.25, -0.2) is 0 Å². The molecule has 1 N–H and O–H groups in total. The van der Waals surface area contributed by atoms with Crippen molar-refractivity contribution in [2.24, 2.45) is 0 Å². The third kappa shape index (κ3) is 5.14. The number of amides is 1. The van der Waals surface area contributed by atoms with Crippen molar-refractivity contribution < 1.29 is 18.0 Å². The van der Waals surface area contributed by atoms with Crippen LogP contribution in [0.4, 0.5) is 18.9 Å². The molecular weight excluding hydrogens is 437 g/mol. The van der Waals surface area contributed by atoms with E-state index in [2.05, 4.69) is 15.5 Å². The number of nitrogens with zero attached hydrogens (tertiary/aromatic N) is 3. The second-order valence-corrected chi connectivity index (χ2v) is 8.13. The highest BCUT2D eigenvalue weighted by Gasteiger charge is 2.30. The smallest absolute Gasteiger partial charge is 0.325 e. The number of nitrogens with one attached hydrogen (secondary N) is 1. The second kappa shape index (κ2) is 9.09. The number of thioether (sulfide) groups is 1. The fourth-order valence-electron chi connectivity index (χ4n) is 2.70. The van der Waals surface area contributed by atoms with E-state index in [1.165, 1.54) is 23.9 Å². The summed E-state index contributed by atoms with van der Waals surface area (Å²) in [5.74, 6) is 0.208. The number of anilines is 1. The maximum Gasteiger partial charge on any atom is 0.416 e. The average Bonchev–Trinajstić information content (AvgIpc) is 3.10. The number of alkyl halides is 3. The first-order chi connectivity index (χ1) is 14.2. The first-order valence-corrected chi connectivity index (χ1v) is 10.3. The van der Waals surface area contributed by atoms with E-state index in [0.29, 0.717) is 22.5 Å². The van der Waals surface area contributed by atoms with Gasteiger partial charge in [-0.3, -0.25) is 4.79 Å². The molecule has 3 aromatic rings. The maximum absolute atomic E-state index is 12.9. The second-order valence-electron chi connectivity index (χ2n) is 6.39. The van der Waals surface area contributed by atoms with Crippen LogP contribution in [0.1, 0.15) is 19.4 Å². The number of rotatable bonds is 6. The van der Waals surface area contributed by atoms with Gasteiger partial charge in [-0.1, -0.05) is 29.4 Å². The van der Waals surface area contributed by atoms with E-state index in [-0.39, 0.29) is 5.69 Å². The summed E-state index contributed by atoms with van der Waals surface area (Å²) in [6, 6.07) is 11.7. The molecule has 5 nitrogen and oxygen atoms in total. The lowest BCUT2D eigenvalue weighted by Gasteiger charge is -2.14. The summed E-state index contributed by atoms with van der Waals surface area (Å²) in [5.41, 5.74) is 0.0988. The van der Waals surface area contributed by atoms with Crippen LogP contribution in [0.3, 0.4) is 0 Å². The van der Waals surface area contributed by atoms with Gasteiger partial charge in [0.2, 0.25) is 5.91 Å². The molecule has 1 amide bonds. The molecule has 1 atom stereocenters. The van der Waals surface area contributed by atoms with Crippen LogP contribution in [0.25, 0.3) is 11.4 Å². The average molecular weight is 455 g/mol. The molecule has 10 heteroatoms. The molecule has 0 bridgehead atoms. The summed E-state index contributed by atoms with van der Waals surface area (Å²) in [6.07, 6.45) is -4.48. The molecule has 0 saturated heterocycles. The molecule has 0 aliphatic carbocycles. The highest BCUT2D eigenvalue weighted by Crippen LogP contribution is 2.31. The molecule has 1 aromatic heterocycles. The van der Waals surface area contributed by atoms with Gasteiger partial charge in [-0.05, 0) is 56.3 Å². The molecule has 0 radical (unpaired) electrons. The fourth-order valence-corrected chi connectivity index (χ4v) is 3.74. The maximum atomic E-state index is 12.9. The Balaban J connectivity index is 1.74. The molecule has 30 heavy (non-hydrogen) atoms. The highest BCUT2D eigenvalue weighted by molar-refractivity contribution is 8.00. The van der Waals surface area contributed by atoms with Crippen molar-refractivity contribution in [3.05, 3.63) is 59.1 Å². The SMILES string of the molecule is CCn1c(S[C@@H](C)C(=O)Nc2cccc(C(F)(F)F)c2)nnc1-c1ccc(Cl)cc1. The van der Waals surface area contributed by atoms with Crippen LogP contribution in [-0.2, 0) is 17.5 Å². The minimum absolute atomic E-state index is 0.0843. The van der Waals surface area contributed by atoms with E-state index in [1.807, 2.05) is 23.6 Å². The zero-order valence-corrected chi connectivity index (χ0v) is 17.6. The van der Waals surface area contributed by atoms with Gasteiger partial charge in [-0.15, -0.1) is 10.2 Å². The van der Waals surface area contributed by atoms with E-state index < -0.39 is 22.9 Å². The predicted octanol–water partition coefficient (Wildman–Crippen LogP) is 5.76. The summed E-state index contributed by atoms with van der Waals surface area (Å²) in [5, 5.41) is 11.5. The molecule has 0 aliphatic heterocycles. The molecule has 0 unspecified atom stereocenters. The highest BCUT2D eigenvalue weighted by atomic mass is 35.5. The van der Waals surface area contributed by atoms with Crippen LogP contribution in [0.15, 0.2) is 53.7 Å². The summed E-state index contributed by atoms with van der Waals surface area (Å²) in [4.78, 5) is 12.5. The third-order valence-corrected chi connectivity index (χ3v) is 5.58. The summed E-state index contributed by atoms with van der Waals surface area (Å²) in [7, 11) is 0. The number of carbonyl (C=O) groups is 1. The number of aromatic nitrogens is 3. The number of hydrogen-bond acceptors (Lipinski definition) is 4. The molecule has 1 heterocycles. The van der Waals surface area contributed by atoms with Gasteiger partial charge in [0.1, 0.15) is 0 Å². The monoisotopic (exact) mass is 454 g/mol. The Morgan fingerprint density at radius 2 is 1.90 bits per heavy atom. The van der Waals surface area contributed by atoms with Crippen molar-refractivity contribution in [1.29, 1.82) is 0 Å². The zero-order chi connectivity index (χ0) is 21.9. The molecule has 158 valence electrons. The molecule has 3 rings (SSSR count). The van der Waals surface area contributed by atoms with Gasteiger partial charge in [0.25, 0.3) is 0 Å². The predicted molar refractivity (Wildman–Crippen MR) is 112 cm³/mol. The largest absolute Gasteiger partial charge is 0.416 e. The Hall–Kier alpha value is -2.52. The van der Waals surface area contributed by atoms with Gasteiger partial charge in [0.05, 0.1) is 10.8 Å². The Kier molecular flexibility index (Phi) is 6.72. The molecule has 0 fully saturated rings. The lowest BCUT2D eigenvalue weighted by atomic mass is 10.2. The van der Waals surface area contributed by atoms with E-state index in [4.69, 9.17) is 11.6 Å². The topological polar surface area (TPSA) is 59.8 Å². The first-order valence-electron chi connectivity index (χ1n) is 9.03. The van der Waals surface area contributed by atoms with Crippen molar-refractivity contribution in [2.75, 3.05) is 5.32 Å². The summed E-state index contributed by atoms with van der Waals surface area (Å²) in [6.45, 7) is 4.17. The van der Waals surface area contributed by atoms with Crippen molar-refractivity contribution in [1.82, 2.24) is 14.8 Å². The molecule has 0 aliphatic rings. The van der Waals surface area contributed by atoms with E-state index in [1.54, 1.807) is 19.1 Å². The van der Waals surface area contributed by atoms with Crippen LogP contribution in [0.5, 0.6) is 0 Å². The van der Waals surface area contributed by atoms with Gasteiger partial charge >= 0.3 is 6.18 Å². The summed E-state index contributed by atoms with van der Waals surface area (Å²) < 4.78 is 40.4. The Bertz CT molecular complexity index is 1040. The quantitative estimate of drug-likeness (QED) is 0.481. The van der Waals surface area contributed by atoms with Crippen LogP contribution in [0.2, 0.25) is 5.02 Å². The van der Waals surface area contributed by atoms with Crippen LogP contribution in [-0.4, -0.2) is 25.9 Å². The fraction of sp³-hybridized carbons (Fsp3) is 0.250. The molecule has 0 saturated carbocycles. The zero-order valence-electron chi connectivity index (χ0n) is 16.1. The molecular formula is C20H18ClF3N4OS. The van der Waals surface area contributed by atoms with Crippen molar-refractivity contribution in [3.8, 4) is 11.4 Å². The van der Waals surface area contributed by atoms with E-state index >= 15 is 0 Å². The van der Waals surface area contributed by atoms with Gasteiger partial charge in [0.15, 0.2) is 11.0 Å². The van der Waals surface area contributed by atoms with E-state index in [9.17, 15) is 18.0 Å². The lowest BCUT2D eigenvalue weighted by Crippen LogP contribution is -2.23. The standard InChI is InChI=1S/C20H18ClF3N4OS/c1-3-28-17(13-7-9-15(21)10-8-13)26-27-19(28)30-12(2)18(29)25-16-6-4-5-14(11-16)20(22,23)24/h4-12H,3H2,1-2H3,(H,25,29)/t12-/m0/s1. The first kappa shape index (κ1) is 22.2.